The number of hydrogen-bond donors (Lipinski definition) is 1. The molecule has 0 aliphatic rings. The van der Waals surface area contributed by atoms with Crippen LogP contribution in [0.4, 0.5) is 0 Å². The van der Waals surface area contributed by atoms with Gasteiger partial charge in [-0.2, -0.15) is 5.26 Å². The molecule has 0 rings (SSSR count). The summed E-state index contributed by atoms with van der Waals surface area (Å²) in [6, 6.07) is 1.80. The highest BCUT2D eigenvalue weighted by atomic mass is 16.5. The molecule has 0 aromatic carbocycles. The van der Waals surface area contributed by atoms with E-state index in [1.807, 2.05) is 0 Å². The Morgan fingerprint density at radius 3 is 2.55 bits per heavy atom. The van der Waals surface area contributed by atoms with E-state index in [-0.39, 0.29) is 5.71 Å². The first kappa shape index (κ1) is 9.92. The van der Waals surface area contributed by atoms with Gasteiger partial charge in [0.15, 0.2) is 5.71 Å². The summed E-state index contributed by atoms with van der Waals surface area (Å²) in [7, 11) is 1.54. The van der Waals surface area contributed by atoms with E-state index in [2.05, 4.69) is 5.16 Å². The van der Waals surface area contributed by atoms with Gasteiger partial charge in [-0.05, 0) is 0 Å². The summed E-state index contributed by atoms with van der Waals surface area (Å²) in [5, 5.41) is 19.8. The smallest absolute Gasteiger partial charge is 0.164 e. The summed E-state index contributed by atoms with van der Waals surface area (Å²) >= 11 is 0. The quantitative estimate of drug-likeness (QED) is 0.377. The molecule has 0 aliphatic heterocycles. The van der Waals surface area contributed by atoms with Crippen molar-refractivity contribution in [3.05, 3.63) is 0 Å². The minimum absolute atomic E-state index is 0.0827. The van der Waals surface area contributed by atoms with Crippen molar-refractivity contribution in [3.8, 4) is 6.07 Å². The standard InChI is InChI=1S/C7H12N2O2/c1-7(2,5-11-3)6(4-8)9-10/h10H,5H2,1-3H3. The van der Waals surface area contributed by atoms with E-state index in [1.54, 1.807) is 19.9 Å². The molecule has 0 spiro atoms. The fourth-order valence-electron chi connectivity index (χ4n) is 0.738. The molecule has 62 valence electrons. The summed E-state index contributed by atoms with van der Waals surface area (Å²) in [6.45, 7) is 3.91. The lowest BCUT2D eigenvalue weighted by atomic mass is 9.89. The molecule has 0 aromatic rings. The maximum Gasteiger partial charge on any atom is 0.164 e. The maximum absolute atomic E-state index is 8.49. The zero-order valence-corrected chi connectivity index (χ0v) is 6.96. The van der Waals surface area contributed by atoms with Crippen molar-refractivity contribution in [1.29, 1.82) is 5.26 Å². The molecule has 11 heavy (non-hydrogen) atoms. The normalized spacial score (nSPS) is 12.7. The Morgan fingerprint density at radius 1 is 1.73 bits per heavy atom. The predicted octanol–water partition coefficient (Wildman–Crippen LogP) is 1.01. The van der Waals surface area contributed by atoms with Crippen molar-refractivity contribution in [2.75, 3.05) is 13.7 Å². The van der Waals surface area contributed by atoms with Gasteiger partial charge in [-0.25, -0.2) is 0 Å². The largest absolute Gasteiger partial charge is 0.410 e. The second kappa shape index (κ2) is 3.94. The Kier molecular flexibility index (Phi) is 3.55. The van der Waals surface area contributed by atoms with Gasteiger partial charge in [0.2, 0.25) is 0 Å². The molecule has 4 heteroatoms. The zero-order valence-electron chi connectivity index (χ0n) is 6.96. The van der Waals surface area contributed by atoms with Crippen LogP contribution in [0.3, 0.4) is 0 Å². The molecule has 0 saturated carbocycles. The molecule has 0 bridgehead atoms. The molecule has 0 atom stereocenters. The molecule has 0 fully saturated rings. The van der Waals surface area contributed by atoms with Crippen LogP contribution < -0.4 is 0 Å². The van der Waals surface area contributed by atoms with E-state index in [0.717, 1.165) is 0 Å². The van der Waals surface area contributed by atoms with Crippen LogP contribution in [0.15, 0.2) is 5.16 Å². The molecule has 0 aromatic heterocycles. The van der Waals surface area contributed by atoms with Gasteiger partial charge in [0.1, 0.15) is 6.07 Å². The van der Waals surface area contributed by atoms with Crippen LogP contribution in [-0.2, 0) is 4.74 Å². The third-order valence-electron chi connectivity index (χ3n) is 1.35. The number of hydrogen-bond acceptors (Lipinski definition) is 4. The Bertz CT molecular complexity index is 191. The van der Waals surface area contributed by atoms with Crippen molar-refractivity contribution in [2.24, 2.45) is 10.6 Å². The van der Waals surface area contributed by atoms with Crippen molar-refractivity contribution in [1.82, 2.24) is 0 Å². The lowest BCUT2D eigenvalue weighted by molar-refractivity contribution is 0.140. The van der Waals surface area contributed by atoms with Gasteiger partial charge < -0.3 is 9.94 Å². The number of oxime groups is 1. The second-order valence-electron chi connectivity index (χ2n) is 2.88. The summed E-state index contributed by atoms with van der Waals surface area (Å²) in [5.74, 6) is 0. The van der Waals surface area contributed by atoms with Crippen molar-refractivity contribution >= 4 is 5.71 Å². The second-order valence-corrected chi connectivity index (χ2v) is 2.88. The van der Waals surface area contributed by atoms with Crippen molar-refractivity contribution in [3.63, 3.8) is 0 Å². The van der Waals surface area contributed by atoms with E-state index in [9.17, 15) is 0 Å². The molecular formula is C7H12N2O2. The topological polar surface area (TPSA) is 65.6 Å². The van der Waals surface area contributed by atoms with E-state index < -0.39 is 5.41 Å². The van der Waals surface area contributed by atoms with Gasteiger partial charge in [0.05, 0.1) is 6.61 Å². The number of rotatable bonds is 3. The van der Waals surface area contributed by atoms with Gasteiger partial charge in [0.25, 0.3) is 0 Å². The minimum Gasteiger partial charge on any atom is -0.410 e. The first-order valence-corrected chi connectivity index (χ1v) is 3.20. The van der Waals surface area contributed by atoms with Crippen LogP contribution in [0.25, 0.3) is 0 Å². The highest BCUT2D eigenvalue weighted by Gasteiger charge is 2.25. The lowest BCUT2D eigenvalue weighted by Crippen LogP contribution is -2.28. The Labute approximate surface area is 66.1 Å². The number of nitrogens with zero attached hydrogens (tertiary/aromatic N) is 2. The Morgan fingerprint density at radius 2 is 2.27 bits per heavy atom. The highest BCUT2D eigenvalue weighted by molar-refractivity contribution is 6.02. The summed E-state index contributed by atoms with van der Waals surface area (Å²) in [6.07, 6.45) is 0. The molecule has 0 amide bonds. The summed E-state index contributed by atoms with van der Waals surface area (Å²) in [5.41, 5.74) is -0.433. The fraction of sp³-hybridized carbons (Fsp3) is 0.714. The lowest BCUT2D eigenvalue weighted by Gasteiger charge is -2.19. The zero-order chi connectivity index (χ0) is 8.91. The van der Waals surface area contributed by atoms with Crippen LogP contribution in [-0.4, -0.2) is 24.6 Å². The fourth-order valence-corrected chi connectivity index (χ4v) is 0.738. The third-order valence-corrected chi connectivity index (χ3v) is 1.35. The van der Waals surface area contributed by atoms with E-state index >= 15 is 0 Å². The molecule has 0 aliphatic carbocycles. The van der Waals surface area contributed by atoms with E-state index in [0.29, 0.717) is 6.61 Å². The van der Waals surface area contributed by atoms with Crippen LogP contribution in [0.1, 0.15) is 13.8 Å². The minimum atomic E-state index is -0.516. The monoisotopic (exact) mass is 156 g/mol. The van der Waals surface area contributed by atoms with Crippen LogP contribution in [0.5, 0.6) is 0 Å². The average molecular weight is 156 g/mol. The van der Waals surface area contributed by atoms with Crippen LogP contribution in [0, 0.1) is 16.7 Å². The maximum atomic E-state index is 8.49. The highest BCUT2D eigenvalue weighted by Crippen LogP contribution is 2.17. The molecular weight excluding hydrogens is 144 g/mol. The van der Waals surface area contributed by atoms with Crippen molar-refractivity contribution in [2.45, 2.75) is 13.8 Å². The summed E-state index contributed by atoms with van der Waals surface area (Å²) < 4.78 is 4.85. The Hall–Kier alpha value is -1.08. The van der Waals surface area contributed by atoms with Gasteiger partial charge in [-0.1, -0.05) is 19.0 Å². The average Bonchev–Trinajstić information content (AvgIpc) is 1.89. The number of ether oxygens (including phenoxy) is 1. The molecule has 0 saturated heterocycles. The first-order valence-electron chi connectivity index (χ1n) is 3.20. The van der Waals surface area contributed by atoms with Gasteiger partial charge in [-0.3, -0.25) is 0 Å². The van der Waals surface area contributed by atoms with Crippen LogP contribution in [0.2, 0.25) is 0 Å². The van der Waals surface area contributed by atoms with Gasteiger partial charge >= 0.3 is 0 Å². The SMILES string of the molecule is COCC(C)(C)C(C#N)=NO. The van der Waals surface area contributed by atoms with Crippen molar-refractivity contribution < 1.29 is 9.94 Å². The number of methoxy groups -OCH3 is 1. The van der Waals surface area contributed by atoms with Crippen LogP contribution >= 0.6 is 0 Å². The molecule has 1 N–H and O–H groups in total. The molecule has 4 nitrogen and oxygen atoms in total. The van der Waals surface area contributed by atoms with Gasteiger partial charge in [0, 0.05) is 12.5 Å². The van der Waals surface area contributed by atoms with Gasteiger partial charge in [-0.15, -0.1) is 0 Å². The predicted molar refractivity (Wildman–Crippen MR) is 40.5 cm³/mol. The van der Waals surface area contributed by atoms with E-state index in [4.69, 9.17) is 15.2 Å². The summed E-state index contributed by atoms with van der Waals surface area (Å²) in [4.78, 5) is 0. The molecule has 0 unspecified atom stereocenters. The third kappa shape index (κ3) is 2.56. The van der Waals surface area contributed by atoms with E-state index in [1.165, 1.54) is 7.11 Å². The molecule has 0 heterocycles. The molecule has 0 radical (unpaired) electrons. The number of nitriles is 1. The Balaban J connectivity index is 4.42. The first-order chi connectivity index (χ1) is 5.08.